The van der Waals surface area contributed by atoms with Crippen molar-refractivity contribution < 1.29 is 14.6 Å². The Morgan fingerprint density at radius 1 is 1.11 bits per heavy atom. The summed E-state index contributed by atoms with van der Waals surface area (Å²) >= 11 is 0. The fourth-order valence-electron chi connectivity index (χ4n) is 4.67. The van der Waals surface area contributed by atoms with Crippen molar-refractivity contribution in [3.8, 4) is 0 Å². The molecule has 0 amide bonds. The molecule has 1 aliphatic carbocycles. The molecule has 2 N–H and O–H groups in total. The number of benzene rings is 1. The van der Waals surface area contributed by atoms with E-state index in [0.29, 0.717) is 5.92 Å². The Morgan fingerprint density at radius 3 is 2.29 bits per heavy atom. The van der Waals surface area contributed by atoms with E-state index in [9.17, 15) is 9.90 Å². The van der Waals surface area contributed by atoms with Gasteiger partial charge in [0.05, 0.1) is 5.60 Å². The molecule has 0 unspecified atom stereocenters. The van der Waals surface area contributed by atoms with Gasteiger partial charge in [0.1, 0.15) is 0 Å². The van der Waals surface area contributed by atoms with E-state index in [4.69, 9.17) is 4.74 Å². The number of allylic oxidation sites excluding steroid dienone is 1. The number of carboxylic acid groups (broad SMARTS) is 1. The predicted molar refractivity (Wildman–Crippen MR) is 113 cm³/mol. The molecule has 1 aromatic rings. The summed E-state index contributed by atoms with van der Waals surface area (Å²) in [5, 5.41) is 13.5. The van der Waals surface area contributed by atoms with Crippen LogP contribution in [0.1, 0.15) is 92.4 Å². The second kappa shape index (κ2) is 8.38. The van der Waals surface area contributed by atoms with Crippen molar-refractivity contribution in [1.29, 1.82) is 0 Å². The molecule has 4 nitrogen and oxygen atoms in total. The van der Waals surface area contributed by atoms with Crippen LogP contribution in [0.5, 0.6) is 0 Å². The molecule has 0 spiro atoms. The maximum atomic E-state index is 12.2. The molecule has 0 radical (unpaired) electrons. The van der Waals surface area contributed by atoms with E-state index < -0.39 is 17.7 Å². The van der Waals surface area contributed by atoms with Gasteiger partial charge >= 0.3 is 5.97 Å². The van der Waals surface area contributed by atoms with Gasteiger partial charge in [-0.15, -0.1) is 0 Å². The van der Waals surface area contributed by atoms with Gasteiger partial charge in [-0.05, 0) is 81.2 Å². The maximum absolute atomic E-state index is 12.2. The van der Waals surface area contributed by atoms with E-state index in [1.807, 2.05) is 20.8 Å². The zero-order valence-electron chi connectivity index (χ0n) is 18.0. The minimum atomic E-state index is -0.962. The molecule has 1 saturated carbocycles. The average Bonchev–Trinajstić information content (AvgIpc) is 3.12. The molecule has 28 heavy (non-hydrogen) atoms. The van der Waals surface area contributed by atoms with Crippen LogP contribution in [0.4, 0.5) is 0 Å². The Kier molecular flexibility index (Phi) is 6.31. The van der Waals surface area contributed by atoms with Crippen LogP contribution in [0.3, 0.4) is 0 Å². The number of hydrogen-bond acceptors (Lipinski definition) is 3. The Hall–Kier alpha value is -1.65. The summed E-state index contributed by atoms with van der Waals surface area (Å²) in [6, 6.07) is 0. The number of aliphatic carboxylic acids is 1. The molecule has 1 aromatic carbocycles. The molecule has 0 bridgehead atoms. The second-order valence-electron chi connectivity index (χ2n) is 9.34. The number of fused-ring (bicyclic) bond motifs is 1. The van der Waals surface area contributed by atoms with Gasteiger partial charge in [-0.1, -0.05) is 31.4 Å². The van der Waals surface area contributed by atoms with E-state index in [-0.39, 0.29) is 0 Å². The number of rotatable bonds is 5. The van der Waals surface area contributed by atoms with Crippen LogP contribution in [0.2, 0.25) is 0 Å². The first kappa shape index (κ1) is 21.1. The fourth-order valence-corrected chi connectivity index (χ4v) is 4.67. The normalized spacial score (nSPS) is 19.2. The van der Waals surface area contributed by atoms with Crippen molar-refractivity contribution >= 4 is 12.0 Å². The van der Waals surface area contributed by atoms with Crippen LogP contribution in [-0.2, 0) is 22.6 Å². The zero-order valence-corrected chi connectivity index (χ0v) is 18.0. The van der Waals surface area contributed by atoms with Gasteiger partial charge in [-0.25, -0.2) is 4.79 Å². The molecule has 1 atom stereocenters. The Morgan fingerprint density at radius 2 is 1.71 bits per heavy atom. The lowest BCUT2D eigenvalue weighted by molar-refractivity contribution is -0.160. The Bertz CT molecular complexity index is 767. The third-order valence-electron chi connectivity index (χ3n) is 6.11. The topological polar surface area (TPSA) is 58.6 Å². The van der Waals surface area contributed by atoms with Crippen LogP contribution in [0.15, 0.2) is 6.08 Å². The van der Waals surface area contributed by atoms with Crippen LogP contribution in [-0.4, -0.2) is 16.7 Å². The first-order chi connectivity index (χ1) is 13.2. The summed E-state index contributed by atoms with van der Waals surface area (Å²) in [6.07, 6.45) is 9.92. The summed E-state index contributed by atoms with van der Waals surface area (Å²) in [5.74, 6) is -0.324. The van der Waals surface area contributed by atoms with Gasteiger partial charge in [-0.2, -0.15) is 0 Å². The first-order valence-corrected chi connectivity index (χ1v) is 10.6. The van der Waals surface area contributed by atoms with Crippen LogP contribution < -0.4 is 5.32 Å². The molecule has 1 fully saturated rings. The molecule has 2 aliphatic rings. The van der Waals surface area contributed by atoms with E-state index in [2.05, 4.69) is 31.3 Å². The summed E-state index contributed by atoms with van der Waals surface area (Å²) in [7, 11) is 0. The predicted octanol–water partition coefficient (Wildman–Crippen LogP) is 5.44. The van der Waals surface area contributed by atoms with Crippen molar-refractivity contribution in [3.63, 3.8) is 0 Å². The number of nitrogens with one attached hydrogen (secondary N) is 1. The van der Waals surface area contributed by atoms with Crippen LogP contribution in [0.25, 0.3) is 6.08 Å². The summed E-state index contributed by atoms with van der Waals surface area (Å²) in [6.45, 7) is 11.6. The van der Waals surface area contributed by atoms with Crippen molar-refractivity contribution in [1.82, 2.24) is 5.32 Å². The minimum absolute atomic E-state index is 0.537. The molecule has 0 saturated heterocycles. The molecule has 0 aromatic heterocycles. The van der Waals surface area contributed by atoms with Gasteiger partial charge in [0.25, 0.3) is 0 Å². The van der Waals surface area contributed by atoms with Crippen LogP contribution >= 0.6 is 0 Å². The van der Waals surface area contributed by atoms with Gasteiger partial charge in [0.2, 0.25) is 0 Å². The standard InChI is InChI=1S/C24H35NO3/c1-15-18(12-11-17-9-7-6-8-10-17)21(16(2)20-14-25-13-19(15)20)22(23(26)27)28-24(3,4)5/h11-12,17,22,25H,6-10,13-14H2,1-5H3,(H,26,27)/b12-11+/t22-/m0/s1. The highest BCUT2D eigenvalue weighted by Gasteiger charge is 2.33. The van der Waals surface area contributed by atoms with Crippen molar-refractivity contribution in [3.05, 3.63) is 39.5 Å². The maximum Gasteiger partial charge on any atom is 0.337 e. The number of hydrogen-bond donors (Lipinski definition) is 2. The van der Waals surface area contributed by atoms with E-state index >= 15 is 0 Å². The number of carboxylic acids is 1. The smallest absolute Gasteiger partial charge is 0.337 e. The molecule has 1 heterocycles. The fraction of sp³-hybridized carbons (Fsp3) is 0.625. The summed E-state index contributed by atoms with van der Waals surface area (Å²) < 4.78 is 6.06. The molecular formula is C24H35NO3. The number of carbonyl (C=O) groups is 1. The lowest BCUT2D eigenvalue weighted by Crippen LogP contribution is -2.29. The summed E-state index contributed by atoms with van der Waals surface area (Å²) in [5.41, 5.74) is 6.15. The highest BCUT2D eigenvalue weighted by atomic mass is 16.5. The van der Waals surface area contributed by atoms with E-state index in [0.717, 1.165) is 29.8 Å². The molecular weight excluding hydrogens is 350 g/mol. The third kappa shape index (κ3) is 4.49. The van der Waals surface area contributed by atoms with Crippen molar-refractivity contribution in [2.45, 2.75) is 91.5 Å². The molecule has 4 heteroatoms. The van der Waals surface area contributed by atoms with Gasteiger partial charge in [-0.3, -0.25) is 0 Å². The monoisotopic (exact) mass is 385 g/mol. The Labute approximate surface area is 169 Å². The van der Waals surface area contributed by atoms with E-state index in [1.165, 1.54) is 48.8 Å². The zero-order chi connectivity index (χ0) is 20.5. The van der Waals surface area contributed by atoms with Gasteiger partial charge in [0, 0.05) is 18.7 Å². The van der Waals surface area contributed by atoms with E-state index in [1.54, 1.807) is 0 Å². The highest BCUT2D eigenvalue weighted by molar-refractivity contribution is 5.79. The number of ether oxygens (including phenoxy) is 1. The second-order valence-corrected chi connectivity index (χ2v) is 9.34. The molecule has 3 rings (SSSR count). The lowest BCUT2D eigenvalue weighted by atomic mass is 9.84. The van der Waals surface area contributed by atoms with Gasteiger partial charge < -0.3 is 15.2 Å². The largest absolute Gasteiger partial charge is 0.479 e. The lowest BCUT2D eigenvalue weighted by Gasteiger charge is -2.29. The first-order valence-electron chi connectivity index (χ1n) is 10.6. The molecule has 154 valence electrons. The minimum Gasteiger partial charge on any atom is -0.479 e. The van der Waals surface area contributed by atoms with Gasteiger partial charge in [0.15, 0.2) is 6.10 Å². The van der Waals surface area contributed by atoms with Crippen molar-refractivity contribution in [2.24, 2.45) is 5.92 Å². The summed E-state index contributed by atoms with van der Waals surface area (Å²) in [4.78, 5) is 12.2. The third-order valence-corrected chi connectivity index (χ3v) is 6.11. The average molecular weight is 386 g/mol. The van der Waals surface area contributed by atoms with Crippen molar-refractivity contribution in [2.75, 3.05) is 0 Å². The quantitative estimate of drug-likeness (QED) is 0.708. The molecule has 1 aliphatic heterocycles. The SMILES string of the molecule is Cc1c(/C=C/C2CCCCC2)c([C@H](OC(C)(C)C)C(=O)O)c(C)c2c1CNC2. The highest BCUT2D eigenvalue weighted by Crippen LogP contribution is 2.38. The Balaban J connectivity index is 2.11. The van der Waals surface area contributed by atoms with Crippen LogP contribution in [0, 0.1) is 19.8 Å².